The average Bonchev–Trinajstić information content (AvgIpc) is 2.95. The molecule has 3 rings (SSSR count). The Morgan fingerprint density at radius 3 is 2.81 bits per heavy atom. The normalized spacial score (nSPS) is 21.6. The second kappa shape index (κ2) is 6.00. The van der Waals surface area contributed by atoms with Crippen LogP contribution in [0, 0.1) is 0 Å². The monoisotopic (exact) mass is 304 g/mol. The first-order valence-electron chi connectivity index (χ1n) is 7.06. The van der Waals surface area contributed by atoms with E-state index in [2.05, 4.69) is 10.3 Å². The topological polar surface area (TPSA) is 51.2 Å². The number of rotatable bonds is 3. The van der Waals surface area contributed by atoms with E-state index in [1.165, 1.54) is 0 Å². The number of aromatic nitrogens is 1. The predicted octanol–water partition coefficient (Wildman–Crippen LogP) is 3.19. The van der Waals surface area contributed by atoms with Crippen LogP contribution in [0.1, 0.15) is 29.6 Å². The molecule has 0 spiro atoms. The minimum Gasteiger partial charge on any atom is -0.381 e. The van der Waals surface area contributed by atoms with Crippen molar-refractivity contribution in [1.82, 2.24) is 10.3 Å². The summed E-state index contributed by atoms with van der Waals surface area (Å²) in [4.78, 5) is 16.6. The summed E-state index contributed by atoms with van der Waals surface area (Å²) in [5, 5.41) is 5.12. The molecule has 5 heteroatoms. The van der Waals surface area contributed by atoms with Gasteiger partial charge in [0.2, 0.25) is 0 Å². The van der Waals surface area contributed by atoms with E-state index in [1.807, 2.05) is 24.3 Å². The van der Waals surface area contributed by atoms with E-state index >= 15 is 0 Å². The number of hydrogen-bond acceptors (Lipinski definition) is 3. The third kappa shape index (κ3) is 2.87. The molecule has 1 amide bonds. The SMILES string of the molecule is COC1CCC(NC(=O)c2cnc(Cl)c3ccccc23)C1. The van der Waals surface area contributed by atoms with Crippen LogP contribution >= 0.6 is 11.6 Å². The first-order chi connectivity index (χ1) is 10.2. The molecule has 2 unspecified atom stereocenters. The maximum atomic E-state index is 12.5. The lowest BCUT2D eigenvalue weighted by molar-refractivity contribution is 0.0916. The highest BCUT2D eigenvalue weighted by Gasteiger charge is 2.26. The second-order valence-corrected chi connectivity index (χ2v) is 5.71. The molecule has 1 fully saturated rings. The maximum Gasteiger partial charge on any atom is 0.253 e. The van der Waals surface area contributed by atoms with Crippen LogP contribution in [0.3, 0.4) is 0 Å². The number of fused-ring (bicyclic) bond motifs is 1. The summed E-state index contributed by atoms with van der Waals surface area (Å²) >= 11 is 6.08. The van der Waals surface area contributed by atoms with Crippen molar-refractivity contribution >= 4 is 28.3 Å². The summed E-state index contributed by atoms with van der Waals surface area (Å²) in [6.07, 6.45) is 4.59. The molecule has 0 saturated heterocycles. The zero-order valence-electron chi connectivity index (χ0n) is 11.8. The highest BCUT2D eigenvalue weighted by molar-refractivity contribution is 6.34. The Morgan fingerprint density at radius 1 is 1.33 bits per heavy atom. The van der Waals surface area contributed by atoms with Crippen LogP contribution in [0.5, 0.6) is 0 Å². The molecule has 2 aromatic rings. The molecule has 1 N–H and O–H groups in total. The Bertz CT molecular complexity index is 674. The fourth-order valence-electron chi connectivity index (χ4n) is 2.89. The number of pyridine rings is 1. The lowest BCUT2D eigenvalue weighted by Crippen LogP contribution is -2.33. The molecule has 1 aromatic carbocycles. The first-order valence-corrected chi connectivity index (χ1v) is 7.43. The molecule has 1 aromatic heterocycles. The quantitative estimate of drug-likeness (QED) is 0.886. The molecule has 21 heavy (non-hydrogen) atoms. The van der Waals surface area contributed by atoms with Gasteiger partial charge in [0.25, 0.3) is 5.91 Å². The number of carbonyl (C=O) groups is 1. The summed E-state index contributed by atoms with van der Waals surface area (Å²) in [5.41, 5.74) is 0.566. The molecule has 0 aliphatic heterocycles. The van der Waals surface area contributed by atoms with Gasteiger partial charge in [0.15, 0.2) is 0 Å². The smallest absolute Gasteiger partial charge is 0.253 e. The number of benzene rings is 1. The van der Waals surface area contributed by atoms with E-state index in [0.717, 1.165) is 30.0 Å². The lowest BCUT2D eigenvalue weighted by atomic mass is 10.1. The first kappa shape index (κ1) is 14.3. The van der Waals surface area contributed by atoms with Crippen molar-refractivity contribution < 1.29 is 9.53 Å². The Balaban J connectivity index is 1.84. The molecular weight excluding hydrogens is 288 g/mol. The van der Waals surface area contributed by atoms with Crippen molar-refractivity contribution in [2.75, 3.05) is 7.11 Å². The number of ether oxygens (including phenoxy) is 1. The van der Waals surface area contributed by atoms with Crippen LogP contribution in [0.4, 0.5) is 0 Å². The van der Waals surface area contributed by atoms with Crippen molar-refractivity contribution in [1.29, 1.82) is 0 Å². The van der Waals surface area contributed by atoms with Gasteiger partial charge in [-0.1, -0.05) is 35.9 Å². The molecule has 4 nitrogen and oxygen atoms in total. The number of carbonyl (C=O) groups excluding carboxylic acids is 1. The Labute approximate surface area is 128 Å². The number of nitrogens with one attached hydrogen (secondary N) is 1. The van der Waals surface area contributed by atoms with Crippen LogP contribution in [0.25, 0.3) is 10.8 Å². The van der Waals surface area contributed by atoms with Gasteiger partial charge in [-0.25, -0.2) is 4.98 Å². The molecule has 0 radical (unpaired) electrons. The zero-order valence-corrected chi connectivity index (χ0v) is 12.6. The summed E-state index contributed by atoms with van der Waals surface area (Å²) in [6, 6.07) is 7.71. The summed E-state index contributed by atoms with van der Waals surface area (Å²) in [5.74, 6) is -0.0999. The lowest BCUT2D eigenvalue weighted by Gasteiger charge is -2.14. The molecular formula is C16H17ClN2O2. The predicted molar refractivity (Wildman–Crippen MR) is 82.7 cm³/mol. The van der Waals surface area contributed by atoms with E-state index < -0.39 is 0 Å². The Hall–Kier alpha value is -1.65. The fourth-order valence-corrected chi connectivity index (χ4v) is 3.10. The number of methoxy groups -OCH3 is 1. The minimum atomic E-state index is -0.0999. The maximum absolute atomic E-state index is 12.5. The van der Waals surface area contributed by atoms with Gasteiger partial charge >= 0.3 is 0 Å². The van der Waals surface area contributed by atoms with Gasteiger partial charge in [0.05, 0.1) is 11.7 Å². The highest BCUT2D eigenvalue weighted by Crippen LogP contribution is 2.25. The van der Waals surface area contributed by atoms with Gasteiger partial charge in [-0.2, -0.15) is 0 Å². The van der Waals surface area contributed by atoms with Gasteiger partial charge in [0.1, 0.15) is 5.15 Å². The third-order valence-corrected chi connectivity index (χ3v) is 4.35. The number of hydrogen-bond donors (Lipinski definition) is 1. The second-order valence-electron chi connectivity index (χ2n) is 5.35. The number of nitrogens with zero attached hydrogens (tertiary/aromatic N) is 1. The molecule has 1 aliphatic carbocycles. The third-order valence-electron chi connectivity index (χ3n) is 4.04. The molecule has 1 heterocycles. The van der Waals surface area contributed by atoms with Crippen molar-refractivity contribution in [3.05, 3.63) is 41.2 Å². The molecule has 2 atom stereocenters. The average molecular weight is 305 g/mol. The van der Waals surface area contributed by atoms with Crippen molar-refractivity contribution in [3.63, 3.8) is 0 Å². The van der Waals surface area contributed by atoms with Crippen LogP contribution in [-0.4, -0.2) is 30.1 Å². The van der Waals surface area contributed by atoms with Gasteiger partial charge in [0, 0.05) is 24.7 Å². The molecule has 0 bridgehead atoms. The molecule has 1 aliphatic rings. The van der Waals surface area contributed by atoms with Crippen molar-refractivity contribution in [2.45, 2.75) is 31.4 Å². The van der Waals surface area contributed by atoms with Crippen molar-refractivity contribution in [2.24, 2.45) is 0 Å². The van der Waals surface area contributed by atoms with Gasteiger partial charge < -0.3 is 10.1 Å². The zero-order chi connectivity index (χ0) is 14.8. The van der Waals surface area contributed by atoms with Gasteiger partial charge in [-0.3, -0.25) is 4.79 Å². The summed E-state index contributed by atoms with van der Waals surface area (Å²) < 4.78 is 5.33. The highest BCUT2D eigenvalue weighted by atomic mass is 35.5. The summed E-state index contributed by atoms with van der Waals surface area (Å²) in [6.45, 7) is 0. The van der Waals surface area contributed by atoms with Crippen LogP contribution in [0.2, 0.25) is 5.15 Å². The van der Waals surface area contributed by atoms with E-state index in [4.69, 9.17) is 16.3 Å². The molecule has 1 saturated carbocycles. The van der Waals surface area contributed by atoms with Crippen molar-refractivity contribution in [3.8, 4) is 0 Å². The fraction of sp³-hybridized carbons (Fsp3) is 0.375. The van der Waals surface area contributed by atoms with Crippen LogP contribution < -0.4 is 5.32 Å². The van der Waals surface area contributed by atoms with E-state index in [1.54, 1.807) is 13.3 Å². The van der Waals surface area contributed by atoms with Gasteiger partial charge in [-0.15, -0.1) is 0 Å². The number of amides is 1. The van der Waals surface area contributed by atoms with E-state index in [9.17, 15) is 4.79 Å². The Kier molecular flexibility index (Phi) is 4.08. The van der Waals surface area contributed by atoms with Crippen LogP contribution in [0.15, 0.2) is 30.5 Å². The van der Waals surface area contributed by atoms with Crippen LogP contribution in [-0.2, 0) is 4.74 Å². The minimum absolute atomic E-state index is 0.0999. The number of halogens is 1. The summed E-state index contributed by atoms with van der Waals surface area (Å²) in [7, 11) is 1.71. The standard InChI is InChI=1S/C16H17ClN2O2/c1-21-11-7-6-10(8-11)19-16(20)14-9-18-15(17)13-5-3-2-4-12(13)14/h2-5,9-11H,6-8H2,1H3,(H,19,20). The van der Waals surface area contributed by atoms with E-state index in [0.29, 0.717) is 10.7 Å². The molecule has 110 valence electrons. The largest absolute Gasteiger partial charge is 0.381 e. The van der Waals surface area contributed by atoms with Gasteiger partial charge in [-0.05, 0) is 24.6 Å². The Morgan fingerprint density at radius 2 is 2.10 bits per heavy atom. The van der Waals surface area contributed by atoms with E-state index in [-0.39, 0.29) is 18.1 Å².